The Bertz CT molecular complexity index is 947. The van der Waals surface area contributed by atoms with Gasteiger partial charge in [0, 0.05) is 50.8 Å². The zero-order valence-electron chi connectivity index (χ0n) is 17.9. The Morgan fingerprint density at radius 1 is 1.23 bits per heavy atom. The summed E-state index contributed by atoms with van der Waals surface area (Å²) < 4.78 is 22.7. The van der Waals surface area contributed by atoms with Gasteiger partial charge in [0.05, 0.1) is 30.1 Å². The summed E-state index contributed by atoms with van der Waals surface area (Å²) >= 11 is 0. The fraction of sp³-hybridized carbons (Fsp3) is 0.682. The molecule has 8 nitrogen and oxygen atoms in total. The molecule has 3 saturated heterocycles. The summed E-state index contributed by atoms with van der Waals surface area (Å²) in [6, 6.07) is 2.25. The minimum absolute atomic E-state index is 0.0259. The van der Waals surface area contributed by atoms with Gasteiger partial charge < -0.3 is 9.64 Å². The van der Waals surface area contributed by atoms with E-state index in [4.69, 9.17) is 4.74 Å². The number of piperidine rings is 1. The van der Waals surface area contributed by atoms with Gasteiger partial charge in [-0.25, -0.2) is 19.8 Å². The fourth-order valence-corrected chi connectivity index (χ4v) is 6.01. The van der Waals surface area contributed by atoms with Crippen molar-refractivity contribution in [3.63, 3.8) is 0 Å². The van der Waals surface area contributed by atoms with Crippen LogP contribution in [-0.4, -0.2) is 57.3 Å². The summed E-state index contributed by atoms with van der Waals surface area (Å²) in [5.41, 5.74) is 8.74. The zero-order chi connectivity index (χ0) is 21.0. The van der Waals surface area contributed by atoms with E-state index in [0.29, 0.717) is 6.42 Å². The van der Waals surface area contributed by atoms with Crippen molar-refractivity contribution in [1.82, 2.24) is 30.6 Å². The molecule has 0 amide bonds. The summed E-state index contributed by atoms with van der Waals surface area (Å²) in [5, 5.41) is 4.26. The second-order valence-electron chi connectivity index (χ2n) is 9.69. The largest absolute Gasteiger partial charge is 0.373 e. The molecule has 1 spiro atoms. The Kier molecular flexibility index (Phi) is 4.73. The lowest BCUT2D eigenvalue weighted by Crippen LogP contribution is -2.56. The van der Waals surface area contributed by atoms with Gasteiger partial charge in [0.2, 0.25) is 0 Å². The molecule has 0 bridgehead atoms. The van der Waals surface area contributed by atoms with Crippen LogP contribution in [0.4, 0.5) is 10.2 Å². The van der Waals surface area contributed by atoms with Crippen molar-refractivity contribution in [2.45, 2.75) is 61.9 Å². The second kappa shape index (κ2) is 7.50. The summed E-state index contributed by atoms with van der Waals surface area (Å²) in [7, 11) is 1.88. The van der Waals surface area contributed by atoms with Crippen LogP contribution in [0.15, 0.2) is 24.8 Å². The summed E-state index contributed by atoms with van der Waals surface area (Å²) in [6.07, 6.45) is 9.21. The standard InChI is InChI=1S/C22H30FN7O/c1-29-11-14(10-26-29)15-7-16-18(8-17(15)23)27-28-21(16)19-9-20(25-13-24-19)30-5-2-3-22(12-30)4-6-31-22/h9-11,13,15-18,21,27-28H,2-8,12H2,1H3. The molecule has 0 radical (unpaired) electrons. The average Bonchev–Trinajstić information content (AvgIpc) is 3.38. The number of nitrogens with one attached hydrogen (secondary N) is 2. The third kappa shape index (κ3) is 3.43. The van der Waals surface area contributed by atoms with E-state index in [9.17, 15) is 4.39 Å². The number of hydrogen-bond donors (Lipinski definition) is 2. The maximum Gasteiger partial charge on any atom is 0.132 e. The molecule has 6 rings (SSSR count). The SMILES string of the molecule is Cn1cc(C2CC3C(CC2F)NNC3c2cc(N3CCCC4(CCO4)C3)ncn2)cn1. The van der Waals surface area contributed by atoms with E-state index >= 15 is 0 Å². The van der Waals surface area contributed by atoms with E-state index in [0.717, 1.165) is 62.5 Å². The Hall–Kier alpha value is -2.10. The number of ether oxygens (including phenoxy) is 1. The highest BCUT2D eigenvalue weighted by molar-refractivity contribution is 5.41. The molecule has 4 aliphatic rings. The molecule has 0 aromatic carbocycles. The van der Waals surface area contributed by atoms with Crippen LogP contribution in [-0.2, 0) is 11.8 Å². The lowest BCUT2D eigenvalue weighted by atomic mass is 9.72. The van der Waals surface area contributed by atoms with Crippen LogP contribution < -0.4 is 15.8 Å². The van der Waals surface area contributed by atoms with Crippen LogP contribution in [0.5, 0.6) is 0 Å². The molecule has 4 fully saturated rings. The quantitative estimate of drug-likeness (QED) is 0.776. The van der Waals surface area contributed by atoms with Crippen LogP contribution in [0.2, 0.25) is 0 Å². The number of aromatic nitrogens is 4. The topological polar surface area (TPSA) is 80.1 Å². The number of halogens is 1. The molecule has 1 saturated carbocycles. The third-order valence-corrected chi connectivity index (χ3v) is 7.79. The van der Waals surface area contributed by atoms with Crippen molar-refractivity contribution in [1.29, 1.82) is 0 Å². The van der Waals surface area contributed by atoms with Gasteiger partial charge in [-0.1, -0.05) is 0 Å². The molecule has 6 atom stereocenters. The van der Waals surface area contributed by atoms with Crippen LogP contribution in [0, 0.1) is 5.92 Å². The van der Waals surface area contributed by atoms with Crippen molar-refractivity contribution < 1.29 is 9.13 Å². The lowest BCUT2D eigenvalue weighted by Gasteiger charge is -2.48. The van der Waals surface area contributed by atoms with Gasteiger partial charge in [-0.3, -0.25) is 10.1 Å². The van der Waals surface area contributed by atoms with Crippen LogP contribution >= 0.6 is 0 Å². The predicted molar refractivity (Wildman–Crippen MR) is 113 cm³/mol. The summed E-state index contributed by atoms with van der Waals surface area (Å²) in [4.78, 5) is 11.5. The van der Waals surface area contributed by atoms with Crippen molar-refractivity contribution >= 4 is 5.82 Å². The monoisotopic (exact) mass is 427 g/mol. The highest BCUT2D eigenvalue weighted by Crippen LogP contribution is 2.45. The number of nitrogens with zero attached hydrogens (tertiary/aromatic N) is 5. The Morgan fingerprint density at radius 3 is 2.90 bits per heavy atom. The smallest absolute Gasteiger partial charge is 0.132 e. The van der Waals surface area contributed by atoms with E-state index in [1.165, 1.54) is 0 Å². The molecule has 2 aromatic rings. The number of fused-ring (bicyclic) bond motifs is 1. The third-order valence-electron chi connectivity index (χ3n) is 7.79. The number of rotatable bonds is 3. The van der Waals surface area contributed by atoms with E-state index in [-0.39, 0.29) is 29.5 Å². The van der Waals surface area contributed by atoms with Crippen LogP contribution in [0.3, 0.4) is 0 Å². The van der Waals surface area contributed by atoms with Crippen molar-refractivity contribution in [2.75, 3.05) is 24.6 Å². The number of alkyl halides is 1. The maximum absolute atomic E-state index is 15.0. The van der Waals surface area contributed by atoms with Gasteiger partial charge in [-0.05, 0) is 37.2 Å². The summed E-state index contributed by atoms with van der Waals surface area (Å²) in [6.45, 7) is 2.77. The van der Waals surface area contributed by atoms with E-state index in [1.54, 1.807) is 17.2 Å². The number of hydrazine groups is 1. The molecule has 9 heteroatoms. The molecule has 6 unspecified atom stereocenters. The first-order valence-electron chi connectivity index (χ1n) is 11.4. The van der Waals surface area contributed by atoms with Gasteiger partial charge in [-0.2, -0.15) is 5.10 Å². The fourth-order valence-electron chi connectivity index (χ4n) is 6.01. The molecule has 1 aliphatic carbocycles. The summed E-state index contributed by atoms with van der Waals surface area (Å²) in [5.74, 6) is 1.11. The average molecular weight is 428 g/mol. The molecule has 2 N–H and O–H groups in total. The van der Waals surface area contributed by atoms with Crippen LogP contribution in [0.25, 0.3) is 0 Å². The molecular formula is C22H30FN7O. The second-order valence-corrected chi connectivity index (χ2v) is 9.69. The number of anilines is 1. The molecule has 3 aliphatic heterocycles. The Morgan fingerprint density at radius 2 is 2.13 bits per heavy atom. The van der Waals surface area contributed by atoms with Crippen molar-refractivity contribution in [3.8, 4) is 0 Å². The Labute approximate surface area is 181 Å². The first-order valence-corrected chi connectivity index (χ1v) is 11.4. The van der Waals surface area contributed by atoms with Gasteiger partial charge in [-0.15, -0.1) is 0 Å². The predicted octanol–water partition coefficient (Wildman–Crippen LogP) is 2.02. The van der Waals surface area contributed by atoms with E-state index in [2.05, 4.69) is 36.9 Å². The highest BCUT2D eigenvalue weighted by Gasteiger charge is 2.47. The molecule has 31 heavy (non-hydrogen) atoms. The van der Waals surface area contributed by atoms with Gasteiger partial charge in [0.25, 0.3) is 0 Å². The zero-order valence-corrected chi connectivity index (χ0v) is 17.9. The minimum atomic E-state index is -0.869. The maximum atomic E-state index is 15.0. The van der Waals surface area contributed by atoms with E-state index in [1.807, 2.05) is 13.2 Å². The lowest BCUT2D eigenvalue weighted by molar-refractivity contribution is -0.151. The molecule has 166 valence electrons. The highest BCUT2D eigenvalue weighted by atomic mass is 19.1. The Balaban J connectivity index is 1.23. The normalized spacial score (nSPS) is 37.6. The number of aryl methyl sites for hydroxylation is 1. The van der Waals surface area contributed by atoms with Gasteiger partial charge in [0.15, 0.2) is 0 Å². The molecular weight excluding hydrogens is 397 g/mol. The van der Waals surface area contributed by atoms with E-state index < -0.39 is 6.17 Å². The van der Waals surface area contributed by atoms with Crippen molar-refractivity contribution in [3.05, 3.63) is 36.0 Å². The minimum Gasteiger partial charge on any atom is -0.373 e. The molecule has 2 aromatic heterocycles. The molecule has 5 heterocycles. The first-order chi connectivity index (χ1) is 15.1. The van der Waals surface area contributed by atoms with Crippen molar-refractivity contribution in [2.24, 2.45) is 13.0 Å². The van der Waals surface area contributed by atoms with Crippen LogP contribution in [0.1, 0.15) is 55.3 Å². The first kappa shape index (κ1) is 19.6. The van der Waals surface area contributed by atoms with Gasteiger partial charge >= 0.3 is 0 Å². The number of hydrogen-bond acceptors (Lipinski definition) is 7. The van der Waals surface area contributed by atoms with Gasteiger partial charge in [0.1, 0.15) is 18.3 Å².